The molecule has 10 nitrogen and oxygen atoms in total. The van der Waals surface area contributed by atoms with Gasteiger partial charge in [0.05, 0.1) is 25.0 Å². The molecule has 0 saturated carbocycles. The number of methoxy groups -OCH3 is 1. The van der Waals surface area contributed by atoms with Crippen LogP contribution in [-0.2, 0) is 35.6 Å². The maximum absolute atomic E-state index is 13.7. The molecule has 2 amide bonds. The Labute approximate surface area is 256 Å². The topological polar surface area (TPSA) is 121 Å². The van der Waals surface area contributed by atoms with Gasteiger partial charge in [0.25, 0.3) is 0 Å². The van der Waals surface area contributed by atoms with Crippen LogP contribution in [0.1, 0.15) is 29.3 Å². The second-order valence-electron chi connectivity index (χ2n) is 10.4. The van der Waals surface area contributed by atoms with Crippen LogP contribution in [0.15, 0.2) is 66.7 Å². The summed E-state index contributed by atoms with van der Waals surface area (Å²) in [5.41, 5.74) is 1.74. The van der Waals surface area contributed by atoms with Crippen LogP contribution >= 0.6 is 11.8 Å². The molecule has 2 unspecified atom stereocenters. The zero-order valence-electron chi connectivity index (χ0n) is 24.6. The Morgan fingerprint density at radius 3 is 2.33 bits per heavy atom. The van der Waals surface area contributed by atoms with Crippen molar-refractivity contribution < 1.29 is 32.3 Å². The van der Waals surface area contributed by atoms with E-state index in [0.717, 1.165) is 28.1 Å². The molecule has 2 atom stereocenters. The van der Waals surface area contributed by atoms with Crippen LogP contribution in [0.3, 0.4) is 0 Å². The largest absolute Gasteiger partial charge is 0.465 e. The number of hydrogen-bond acceptors (Lipinski definition) is 8. The van der Waals surface area contributed by atoms with E-state index >= 15 is 0 Å². The summed E-state index contributed by atoms with van der Waals surface area (Å²) in [5, 5.41) is 1.45. The minimum atomic E-state index is -3.90. The smallest absolute Gasteiger partial charge is 0.337 e. The molecular weight excluding hydrogens is 590 g/mol. The van der Waals surface area contributed by atoms with Crippen LogP contribution in [-0.4, -0.2) is 91.9 Å². The van der Waals surface area contributed by atoms with Gasteiger partial charge in [-0.2, -0.15) is 4.31 Å². The van der Waals surface area contributed by atoms with Gasteiger partial charge in [0.2, 0.25) is 21.8 Å². The summed E-state index contributed by atoms with van der Waals surface area (Å²) in [6.07, 6.45) is 0.430. The average molecular weight is 626 g/mol. The van der Waals surface area contributed by atoms with Crippen LogP contribution < -0.4 is 4.90 Å². The van der Waals surface area contributed by atoms with E-state index in [1.165, 1.54) is 47.3 Å². The highest BCUT2D eigenvalue weighted by Crippen LogP contribution is 2.32. The van der Waals surface area contributed by atoms with Crippen LogP contribution in [0, 0.1) is 0 Å². The predicted molar refractivity (Wildman–Crippen MR) is 167 cm³/mol. The lowest BCUT2D eigenvalue weighted by molar-refractivity contribution is -0.136. The van der Waals surface area contributed by atoms with Crippen LogP contribution in [0.25, 0.3) is 10.8 Å². The number of carbonyl (C=O) groups excluding carboxylic acids is 4. The van der Waals surface area contributed by atoms with Gasteiger partial charge in [-0.1, -0.05) is 54.2 Å². The number of amides is 2. The first kappa shape index (κ1) is 32.2. The number of nitrogens with zero attached hydrogens (tertiary/aromatic N) is 3. The third kappa shape index (κ3) is 7.62. The molecule has 1 fully saturated rings. The van der Waals surface area contributed by atoms with E-state index in [0.29, 0.717) is 11.3 Å². The second kappa shape index (κ2) is 13.7. The van der Waals surface area contributed by atoms with Gasteiger partial charge in [0.1, 0.15) is 6.04 Å². The van der Waals surface area contributed by atoms with Crippen LogP contribution in [0.2, 0.25) is 0 Å². The number of benzene rings is 3. The quantitative estimate of drug-likeness (QED) is 0.315. The normalized spacial score (nSPS) is 17.0. The fourth-order valence-electron chi connectivity index (χ4n) is 5.21. The highest BCUT2D eigenvalue weighted by Gasteiger charge is 2.45. The second-order valence-corrected chi connectivity index (χ2v) is 14.0. The standard InChI is InChI=1S/C31H35N3O7S2/c1-21(35)42-26-18-28(30(37)32(2)20-29(36)33(3)25-14-12-24(13-15-25)31(38)41-4)34(19-26)43(39,40)17-16-23-10-7-9-22-8-5-6-11-27(22)23/h5-15,26,28H,16-20H2,1-4H3. The molecule has 43 heavy (non-hydrogen) atoms. The van der Waals surface area contributed by atoms with Crippen molar-refractivity contribution in [2.75, 3.05) is 44.9 Å². The van der Waals surface area contributed by atoms with Crippen molar-refractivity contribution in [3.8, 4) is 0 Å². The number of fused-ring (bicyclic) bond motifs is 1. The molecule has 1 aliphatic heterocycles. The van der Waals surface area contributed by atoms with E-state index in [4.69, 9.17) is 4.74 Å². The molecule has 12 heteroatoms. The lowest BCUT2D eigenvalue weighted by Gasteiger charge is -2.28. The van der Waals surface area contributed by atoms with Gasteiger partial charge in [0.15, 0.2) is 5.12 Å². The summed E-state index contributed by atoms with van der Waals surface area (Å²) in [6.45, 7) is 1.16. The molecule has 0 N–H and O–H groups in total. The summed E-state index contributed by atoms with van der Waals surface area (Å²) >= 11 is 1.03. The molecule has 1 saturated heterocycles. The van der Waals surface area contributed by atoms with Crippen molar-refractivity contribution in [1.82, 2.24) is 9.21 Å². The van der Waals surface area contributed by atoms with Crippen LogP contribution in [0.4, 0.5) is 5.69 Å². The lowest BCUT2D eigenvalue weighted by Crippen LogP contribution is -2.49. The Bertz CT molecular complexity index is 1620. The molecule has 0 radical (unpaired) electrons. The Kier molecular flexibility index (Phi) is 10.3. The number of carbonyl (C=O) groups is 4. The monoisotopic (exact) mass is 625 g/mol. The molecule has 228 valence electrons. The van der Waals surface area contributed by atoms with E-state index in [2.05, 4.69) is 0 Å². The summed E-state index contributed by atoms with van der Waals surface area (Å²) in [5.74, 6) is -1.61. The zero-order chi connectivity index (χ0) is 31.3. The van der Waals surface area contributed by atoms with Gasteiger partial charge in [-0.15, -0.1) is 0 Å². The molecular formula is C31H35N3O7S2. The van der Waals surface area contributed by atoms with Gasteiger partial charge in [0, 0.05) is 38.5 Å². The van der Waals surface area contributed by atoms with E-state index < -0.39 is 33.8 Å². The Hall–Kier alpha value is -3.74. The van der Waals surface area contributed by atoms with Crippen molar-refractivity contribution in [1.29, 1.82) is 0 Å². The first-order valence-corrected chi connectivity index (χ1v) is 16.2. The van der Waals surface area contributed by atoms with Crippen molar-refractivity contribution >= 4 is 61.1 Å². The number of rotatable bonds is 10. The summed E-state index contributed by atoms with van der Waals surface area (Å²) in [7, 11) is 0.391. The lowest BCUT2D eigenvalue weighted by atomic mass is 10.0. The van der Waals surface area contributed by atoms with Crippen molar-refractivity contribution in [2.24, 2.45) is 0 Å². The number of hydrogen-bond donors (Lipinski definition) is 0. The Balaban J connectivity index is 1.47. The molecule has 1 aliphatic rings. The molecule has 0 aromatic heterocycles. The van der Waals surface area contributed by atoms with Crippen molar-refractivity contribution in [3.63, 3.8) is 0 Å². The van der Waals surface area contributed by atoms with E-state index in [1.807, 2.05) is 42.5 Å². The molecule has 0 aliphatic carbocycles. The van der Waals surface area contributed by atoms with E-state index in [-0.39, 0.29) is 42.0 Å². The third-order valence-corrected chi connectivity index (χ3v) is 10.3. The number of esters is 1. The third-order valence-electron chi connectivity index (χ3n) is 7.50. The Morgan fingerprint density at radius 1 is 0.977 bits per heavy atom. The first-order valence-electron chi connectivity index (χ1n) is 13.7. The van der Waals surface area contributed by atoms with Crippen molar-refractivity contribution in [2.45, 2.75) is 31.1 Å². The van der Waals surface area contributed by atoms with Gasteiger partial charge in [-0.05, 0) is 53.4 Å². The molecule has 0 spiro atoms. The number of likely N-dealkylation sites (N-methyl/N-ethyl adjacent to an activating group) is 2. The highest BCUT2D eigenvalue weighted by molar-refractivity contribution is 8.14. The van der Waals surface area contributed by atoms with Gasteiger partial charge >= 0.3 is 5.97 Å². The summed E-state index contributed by atoms with van der Waals surface area (Å²) < 4.78 is 33.3. The molecule has 3 aromatic rings. The number of sulfonamides is 1. The summed E-state index contributed by atoms with van der Waals surface area (Å²) in [4.78, 5) is 52.8. The van der Waals surface area contributed by atoms with Crippen molar-refractivity contribution in [3.05, 3.63) is 77.9 Å². The molecule has 0 bridgehead atoms. The number of anilines is 1. The SMILES string of the molecule is COC(=O)c1ccc(N(C)C(=O)CN(C)C(=O)C2CC(SC(C)=O)CN2S(=O)(=O)CCc2cccc3ccccc23)cc1. The zero-order valence-corrected chi connectivity index (χ0v) is 26.2. The number of ether oxygens (including phenoxy) is 1. The van der Waals surface area contributed by atoms with Crippen LogP contribution in [0.5, 0.6) is 0 Å². The minimum Gasteiger partial charge on any atom is -0.465 e. The number of thioether (sulfide) groups is 1. The maximum atomic E-state index is 13.7. The van der Waals surface area contributed by atoms with Gasteiger partial charge in [-0.3, -0.25) is 14.4 Å². The van der Waals surface area contributed by atoms with Gasteiger partial charge in [-0.25, -0.2) is 13.2 Å². The fraction of sp³-hybridized carbons (Fsp3) is 0.355. The molecule has 4 rings (SSSR count). The Morgan fingerprint density at radius 2 is 1.65 bits per heavy atom. The van der Waals surface area contributed by atoms with E-state index in [9.17, 15) is 27.6 Å². The van der Waals surface area contributed by atoms with E-state index in [1.54, 1.807) is 19.2 Å². The maximum Gasteiger partial charge on any atom is 0.337 e. The highest BCUT2D eigenvalue weighted by atomic mass is 32.2. The average Bonchev–Trinajstić information content (AvgIpc) is 3.42. The fourth-order valence-corrected chi connectivity index (χ4v) is 7.97. The number of aryl methyl sites for hydroxylation is 1. The minimum absolute atomic E-state index is 0.0345. The first-order chi connectivity index (χ1) is 20.4. The molecule has 3 aromatic carbocycles. The summed E-state index contributed by atoms with van der Waals surface area (Å²) in [6, 6.07) is 18.7. The molecule has 1 heterocycles. The predicted octanol–water partition coefficient (Wildman–Crippen LogP) is 3.34. The van der Waals surface area contributed by atoms with Gasteiger partial charge < -0.3 is 14.5 Å².